The van der Waals surface area contributed by atoms with Crippen LogP contribution in [0.15, 0.2) is 0 Å². The van der Waals surface area contributed by atoms with Crippen LogP contribution in [0.4, 0.5) is 13.2 Å². The van der Waals surface area contributed by atoms with Gasteiger partial charge in [0.05, 0.1) is 6.10 Å². The molecule has 2 nitrogen and oxygen atoms in total. The van der Waals surface area contributed by atoms with Gasteiger partial charge in [0, 0.05) is 13.0 Å². The Morgan fingerprint density at radius 3 is 2.42 bits per heavy atom. The van der Waals surface area contributed by atoms with Gasteiger partial charge in [-0.15, -0.1) is 0 Å². The molecule has 0 aliphatic heterocycles. The highest BCUT2D eigenvalue weighted by atomic mass is 19.4. The van der Waals surface area contributed by atoms with E-state index in [-0.39, 0.29) is 13.0 Å². The number of alkyl halides is 3. The lowest BCUT2D eigenvalue weighted by molar-refractivity contribution is -0.139. The Labute approximate surface area is 69.8 Å². The molecule has 2 N–H and O–H groups in total. The second kappa shape index (κ2) is 5.37. The zero-order valence-corrected chi connectivity index (χ0v) is 6.99. The molecule has 0 spiro atoms. The van der Waals surface area contributed by atoms with Gasteiger partial charge in [0.15, 0.2) is 0 Å². The lowest BCUT2D eigenvalue weighted by Gasteiger charge is -2.11. The van der Waals surface area contributed by atoms with Gasteiger partial charge in [0.2, 0.25) is 0 Å². The number of hydrogen-bond acceptors (Lipinski definition) is 2. The number of aliphatic hydroxyl groups is 1. The van der Waals surface area contributed by atoms with Crippen LogP contribution >= 0.6 is 0 Å². The molecule has 0 fully saturated rings. The second-order valence-corrected chi connectivity index (χ2v) is 2.62. The number of nitrogens with one attached hydrogen (secondary N) is 1. The van der Waals surface area contributed by atoms with E-state index in [1.165, 1.54) is 0 Å². The van der Waals surface area contributed by atoms with Gasteiger partial charge in [-0.3, -0.25) is 0 Å². The molecule has 0 saturated carbocycles. The van der Waals surface area contributed by atoms with E-state index >= 15 is 0 Å². The Balaban J connectivity index is 3.37. The largest absolute Gasteiger partial charge is 0.392 e. The van der Waals surface area contributed by atoms with Crippen molar-refractivity contribution in [1.29, 1.82) is 0 Å². The van der Waals surface area contributed by atoms with Crippen LogP contribution in [0.2, 0.25) is 0 Å². The van der Waals surface area contributed by atoms with Gasteiger partial charge >= 0.3 is 6.18 Å². The minimum Gasteiger partial charge on any atom is -0.392 e. The summed E-state index contributed by atoms with van der Waals surface area (Å²) in [6.07, 6.45) is -6.20. The van der Waals surface area contributed by atoms with E-state index in [1.807, 2.05) is 6.92 Å². The van der Waals surface area contributed by atoms with Gasteiger partial charge in [-0.25, -0.2) is 0 Å². The number of likely N-dealkylation sites (N-methyl/N-ethyl adjacent to an activating group) is 1. The highest BCUT2D eigenvalue weighted by Crippen LogP contribution is 2.21. The highest BCUT2D eigenvalue weighted by molar-refractivity contribution is 4.61. The summed E-state index contributed by atoms with van der Waals surface area (Å²) in [5, 5.41) is 11.7. The molecule has 0 amide bonds. The molecular weight excluding hydrogens is 171 g/mol. The maximum absolute atomic E-state index is 11.6. The van der Waals surface area contributed by atoms with Crippen molar-refractivity contribution < 1.29 is 18.3 Å². The van der Waals surface area contributed by atoms with Gasteiger partial charge in [-0.05, 0) is 13.0 Å². The van der Waals surface area contributed by atoms with Crippen LogP contribution in [0.1, 0.15) is 19.8 Å². The predicted molar refractivity (Wildman–Crippen MR) is 39.8 cm³/mol. The molecule has 1 atom stereocenters. The summed E-state index contributed by atoms with van der Waals surface area (Å²) in [5.74, 6) is 0. The van der Waals surface area contributed by atoms with Gasteiger partial charge in [0.25, 0.3) is 0 Å². The van der Waals surface area contributed by atoms with Crippen molar-refractivity contribution in [3.8, 4) is 0 Å². The summed E-state index contributed by atoms with van der Waals surface area (Å²) in [6.45, 7) is 2.71. The minimum absolute atomic E-state index is 0.226. The van der Waals surface area contributed by atoms with Crippen LogP contribution in [-0.2, 0) is 0 Å². The first-order valence-corrected chi connectivity index (χ1v) is 3.91. The van der Waals surface area contributed by atoms with Crippen molar-refractivity contribution >= 4 is 0 Å². The number of aliphatic hydroxyl groups excluding tert-OH is 1. The number of rotatable bonds is 5. The molecule has 0 bridgehead atoms. The molecule has 0 aromatic rings. The number of hydrogen-bond donors (Lipinski definition) is 2. The van der Waals surface area contributed by atoms with Crippen molar-refractivity contribution in [2.24, 2.45) is 0 Å². The first-order chi connectivity index (χ1) is 5.45. The van der Waals surface area contributed by atoms with E-state index in [4.69, 9.17) is 5.11 Å². The van der Waals surface area contributed by atoms with E-state index in [9.17, 15) is 13.2 Å². The maximum atomic E-state index is 11.6. The Morgan fingerprint density at radius 1 is 1.42 bits per heavy atom. The van der Waals surface area contributed by atoms with Crippen LogP contribution < -0.4 is 5.32 Å². The molecule has 12 heavy (non-hydrogen) atoms. The lowest BCUT2D eigenvalue weighted by atomic mass is 10.2. The zero-order valence-electron chi connectivity index (χ0n) is 6.99. The third-order valence-corrected chi connectivity index (χ3v) is 1.39. The Kier molecular flexibility index (Phi) is 5.24. The Hall–Kier alpha value is -0.290. The molecule has 0 saturated heterocycles. The molecule has 0 aliphatic carbocycles. The van der Waals surface area contributed by atoms with Crippen LogP contribution in [-0.4, -0.2) is 30.5 Å². The van der Waals surface area contributed by atoms with E-state index in [2.05, 4.69) is 5.32 Å². The first-order valence-electron chi connectivity index (χ1n) is 3.91. The summed E-state index contributed by atoms with van der Waals surface area (Å²) >= 11 is 0. The van der Waals surface area contributed by atoms with E-state index in [0.29, 0.717) is 6.54 Å². The van der Waals surface area contributed by atoms with Crippen LogP contribution in [0, 0.1) is 0 Å². The Morgan fingerprint density at radius 2 is 2.00 bits per heavy atom. The molecule has 0 aromatic carbocycles. The lowest BCUT2D eigenvalue weighted by Crippen LogP contribution is -2.27. The fraction of sp³-hybridized carbons (Fsp3) is 1.00. The average Bonchev–Trinajstić information content (AvgIpc) is 1.95. The second-order valence-electron chi connectivity index (χ2n) is 2.62. The fourth-order valence-electron chi connectivity index (χ4n) is 0.743. The quantitative estimate of drug-likeness (QED) is 0.676. The molecule has 0 rings (SSSR count). The van der Waals surface area contributed by atoms with Gasteiger partial charge in [0.1, 0.15) is 0 Å². The fourth-order valence-corrected chi connectivity index (χ4v) is 0.743. The van der Waals surface area contributed by atoms with E-state index in [0.717, 1.165) is 0 Å². The third-order valence-electron chi connectivity index (χ3n) is 1.39. The SMILES string of the molecule is CCNCC(O)CCC(F)(F)F. The third kappa shape index (κ3) is 7.81. The van der Waals surface area contributed by atoms with Crippen molar-refractivity contribution in [3.05, 3.63) is 0 Å². The van der Waals surface area contributed by atoms with Crippen LogP contribution in [0.5, 0.6) is 0 Å². The molecular formula is C7H14F3NO. The molecule has 5 heteroatoms. The smallest absolute Gasteiger partial charge is 0.389 e. The number of halogens is 3. The maximum Gasteiger partial charge on any atom is 0.389 e. The summed E-state index contributed by atoms with van der Waals surface area (Å²) in [7, 11) is 0. The predicted octanol–water partition coefficient (Wildman–Crippen LogP) is 1.30. The topological polar surface area (TPSA) is 32.3 Å². The molecule has 1 unspecified atom stereocenters. The summed E-state index contributed by atoms with van der Waals surface area (Å²) in [5.41, 5.74) is 0. The average molecular weight is 185 g/mol. The molecule has 0 heterocycles. The van der Waals surface area contributed by atoms with Gasteiger partial charge in [-0.2, -0.15) is 13.2 Å². The van der Waals surface area contributed by atoms with Crippen molar-refractivity contribution in [1.82, 2.24) is 5.32 Å². The first kappa shape index (κ1) is 11.7. The van der Waals surface area contributed by atoms with E-state index < -0.39 is 18.7 Å². The highest BCUT2D eigenvalue weighted by Gasteiger charge is 2.27. The van der Waals surface area contributed by atoms with E-state index in [1.54, 1.807) is 0 Å². The summed E-state index contributed by atoms with van der Waals surface area (Å²) in [6, 6.07) is 0. The van der Waals surface area contributed by atoms with Gasteiger partial charge < -0.3 is 10.4 Å². The van der Waals surface area contributed by atoms with Crippen LogP contribution in [0.3, 0.4) is 0 Å². The van der Waals surface area contributed by atoms with Crippen molar-refractivity contribution in [2.75, 3.05) is 13.1 Å². The van der Waals surface area contributed by atoms with Crippen molar-refractivity contribution in [3.63, 3.8) is 0 Å². The monoisotopic (exact) mass is 185 g/mol. The molecule has 0 radical (unpaired) electrons. The normalized spacial score (nSPS) is 14.8. The van der Waals surface area contributed by atoms with Gasteiger partial charge in [-0.1, -0.05) is 6.92 Å². The minimum atomic E-state index is -4.16. The molecule has 0 aromatic heterocycles. The summed E-state index contributed by atoms with van der Waals surface area (Å²) in [4.78, 5) is 0. The zero-order chi connectivity index (χ0) is 9.61. The molecule has 74 valence electrons. The van der Waals surface area contributed by atoms with Crippen molar-refractivity contribution in [2.45, 2.75) is 32.0 Å². The van der Waals surface area contributed by atoms with Crippen LogP contribution in [0.25, 0.3) is 0 Å². The summed E-state index contributed by atoms with van der Waals surface area (Å²) < 4.78 is 34.8. The molecule has 0 aliphatic rings. The standard InChI is InChI=1S/C7H14F3NO/c1-2-11-5-6(12)3-4-7(8,9)10/h6,11-12H,2-5H2,1H3. The Bertz CT molecular complexity index is 116.